The van der Waals surface area contributed by atoms with Crippen LogP contribution in [0.1, 0.15) is 19.8 Å². The van der Waals surface area contributed by atoms with E-state index in [-0.39, 0.29) is 12.5 Å². The Morgan fingerprint density at radius 1 is 1.44 bits per heavy atom. The molecule has 5 nitrogen and oxygen atoms in total. The molecule has 0 spiro atoms. The number of aromatic nitrogens is 2. The van der Waals surface area contributed by atoms with Gasteiger partial charge in [-0.3, -0.25) is 4.79 Å². The molecule has 2 N–H and O–H groups in total. The van der Waals surface area contributed by atoms with Crippen LogP contribution in [0, 0.1) is 0 Å². The molecule has 0 saturated carbocycles. The molecule has 0 bridgehead atoms. The van der Waals surface area contributed by atoms with Crippen molar-refractivity contribution in [1.29, 1.82) is 0 Å². The van der Waals surface area contributed by atoms with Gasteiger partial charge in [0.25, 0.3) is 0 Å². The Bertz CT molecular complexity index is 557. The summed E-state index contributed by atoms with van der Waals surface area (Å²) in [6.45, 7) is 1.92. The lowest BCUT2D eigenvalue weighted by Crippen LogP contribution is -2.18. The summed E-state index contributed by atoms with van der Waals surface area (Å²) in [7, 11) is 0. The number of rotatable bonds is 5. The average Bonchev–Trinajstić information content (AvgIpc) is 2.36. The summed E-state index contributed by atoms with van der Waals surface area (Å²) in [6.07, 6.45) is 2.45. The topological polar surface area (TPSA) is 75.1 Å². The van der Waals surface area contributed by atoms with Crippen LogP contribution in [-0.4, -0.2) is 27.1 Å². The molecule has 2 rings (SSSR count). The molecule has 0 aliphatic heterocycles. The number of hydrogen-bond donors (Lipinski definition) is 2. The number of benzene rings is 1. The van der Waals surface area contributed by atoms with E-state index >= 15 is 0 Å². The van der Waals surface area contributed by atoms with Crippen LogP contribution in [0.25, 0.3) is 10.9 Å². The van der Waals surface area contributed by atoms with Gasteiger partial charge in [-0.15, -0.1) is 0 Å². The Morgan fingerprint density at radius 2 is 2.22 bits per heavy atom. The third-order valence-corrected chi connectivity index (χ3v) is 2.66. The van der Waals surface area contributed by atoms with Gasteiger partial charge >= 0.3 is 5.97 Å². The van der Waals surface area contributed by atoms with Crippen molar-refractivity contribution >= 4 is 22.8 Å². The van der Waals surface area contributed by atoms with E-state index in [9.17, 15) is 4.79 Å². The van der Waals surface area contributed by atoms with Crippen molar-refractivity contribution in [3.8, 4) is 0 Å². The van der Waals surface area contributed by atoms with Crippen LogP contribution in [0.15, 0.2) is 30.5 Å². The van der Waals surface area contributed by atoms with E-state index in [2.05, 4.69) is 15.3 Å². The van der Waals surface area contributed by atoms with Crippen molar-refractivity contribution in [2.75, 3.05) is 5.32 Å². The largest absolute Gasteiger partial charge is 0.481 e. The van der Waals surface area contributed by atoms with Crippen molar-refractivity contribution in [1.82, 2.24) is 9.97 Å². The van der Waals surface area contributed by atoms with Gasteiger partial charge in [0.1, 0.15) is 0 Å². The lowest BCUT2D eigenvalue weighted by atomic mass is 10.2. The molecule has 1 heterocycles. The highest BCUT2D eigenvalue weighted by atomic mass is 16.4. The van der Waals surface area contributed by atoms with E-state index in [1.807, 2.05) is 31.2 Å². The normalized spacial score (nSPS) is 12.3. The minimum atomic E-state index is -0.789. The van der Waals surface area contributed by atoms with Gasteiger partial charge in [-0.05, 0) is 19.4 Å². The summed E-state index contributed by atoms with van der Waals surface area (Å²) in [5.41, 5.74) is 0.875. The summed E-state index contributed by atoms with van der Waals surface area (Å²) in [4.78, 5) is 19.0. The van der Waals surface area contributed by atoms with Crippen LogP contribution in [-0.2, 0) is 4.79 Å². The van der Waals surface area contributed by atoms with Crippen LogP contribution < -0.4 is 5.32 Å². The second kappa shape index (κ2) is 5.44. The van der Waals surface area contributed by atoms with E-state index in [0.717, 1.165) is 10.9 Å². The number of para-hydroxylation sites is 1. The number of carboxylic acid groups (broad SMARTS) is 1. The third-order valence-electron chi connectivity index (χ3n) is 2.66. The minimum Gasteiger partial charge on any atom is -0.481 e. The fourth-order valence-corrected chi connectivity index (χ4v) is 1.67. The second-order valence-electron chi connectivity index (χ2n) is 4.23. The fraction of sp³-hybridized carbons (Fsp3) is 0.308. The quantitative estimate of drug-likeness (QED) is 0.845. The maximum Gasteiger partial charge on any atom is 0.303 e. The first kappa shape index (κ1) is 12.3. The minimum absolute atomic E-state index is 0.0299. The van der Waals surface area contributed by atoms with Crippen LogP contribution >= 0.6 is 0 Å². The van der Waals surface area contributed by atoms with E-state index in [4.69, 9.17) is 5.11 Å². The van der Waals surface area contributed by atoms with Gasteiger partial charge in [-0.2, -0.15) is 0 Å². The molecule has 0 radical (unpaired) electrons. The van der Waals surface area contributed by atoms with E-state index < -0.39 is 5.97 Å². The van der Waals surface area contributed by atoms with Crippen molar-refractivity contribution in [2.45, 2.75) is 25.8 Å². The van der Waals surface area contributed by atoms with Gasteiger partial charge in [0.2, 0.25) is 5.95 Å². The molecule has 0 aliphatic rings. The molecule has 18 heavy (non-hydrogen) atoms. The second-order valence-corrected chi connectivity index (χ2v) is 4.23. The molecule has 1 unspecified atom stereocenters. The van der Waals surface area contributed by atoms with Crippen LogP contribution in [0.3, 0.4) is 0 Å². The Balaban J connectivity index is 2.05. The number of aliphatic carboxylic acids is 1. The lowest BCUT2D eigenvalue weighted by molar-refractivity contribution is -0.137. The average molecular weight is 245 g/mol. The molecular weight excluding hydrogens is 230 g/mol. The molecule has 0 amide bonds. The van der Waals surface area contributed by atoms with E-state index in [1.165, 1.54) is 0 Å². The number of hydrogen-bond acceptors (Lipinski definition) is 4. The monoisotopic (exact) mass is 245 g/mol. The number of carbonyl (C=O) groups is 1. The Labute approximate surface area is 105 Å². The number of carboxylic acids is 1. The Morgan fingerprint density at radius 3 is 3.00 bits per heavy atom. The zero-order chi connectivity index (χ0) is 13.0. The molecule has 0 aliphatic carbocycles. The highest BCUT2D eigenvalue weighted by Gasteiger charge is 2.07. The van der Waals surface area contributed by atoms with Gasteiger partial charge < -0.3 is 10.4 Å². The van der Waals surface area contributed by atoms with Gasteiger partial charge in [0.05, 0.1) is 5.52 Å². The van der Waals surface area contributed by atoms with Crippen molar-refractivity contribution in [2.24, 2.45) is 0 Å². The summed E-state index contributed by atoms with van der Waals surface area (Å²) in [5.74, 6) is -0.255. The molecule has 0 fully saturated rings. The maximum absolute atomic E-state index is 10.5. The van der Waals surface area contributed by atoms with E-state index in [1.54, 1.807) is 6.20 Å². The predicted molar refractivity (Wildman–Crippen MR) is 69.5 cm³/mol. The molecular formula is C13H15N3O2. The third kappa shape index (κ3) is 3.16. The Kier molecular flexibility index (Phi) is 3.72. The van der Waals surface area contributed by atoms with E-state index in [0.29, 0.717) is 12.4 Å². The molecule has 0 saturated heterocycles. The standard InChI is InChI=1S/C13H15N3O2/c1-9(6-7-12(17)18)15-13-14-8-10-4-2-3-5-11(10)16-13/h2-5,8-9H,6-7H2,1H3,(H,17,18)(H,14,15,16). The number of nitrogens with zero attached hydrogens (tertiary/aromatic N) is 2. The molecule has 1 atom stereocenters. The fourth-order valence-electron chi connectivity index (χ4n) is 1.67. The smallest absolute Gasteiger partial charge is 0.303 e. The zero-order valence-corrected chi connectivity index (χ0v) is 10.1. The first-order valence-electron chi connectivity index (χ1n) is 5.85. The maximum atomic E-state index is 10.5. The molecule has 2 aromatic rings. The number of nitrogens with one attached hydrogen (secondary N) is 1. The lowest BCUT2D eigenvalue weighted by Gasteiger charge is -2.12. The van der Waals surface area contributed by atoms with Crippen molar-refractivity contribution in [3.05, 3.63) is 30.5 Å². The SMILES string of the molecule is CC(CCC(=O)O)Nc1ncc2ccccc2n1. The molecule has 1 aromatic carbocycles. The zero-order valence-electron chi connectivity index (χ0n) is 10.1. The van der Waals surface area contributed by atoms with Gasteiger partial charge in [-0.1, -0.05) is 18.2 Å². The molecule has 94 valence electrons. The first-order valence-corrected chi connectivity index (χ1v) is 5.85. The first-order chi connectivity index (χ1) is 8.65. The van der Waals surface area contributed by atoms with Crippen LogP contribution in [0.4, 0.5) is 5.95 Å². The van der Waals surface area contributed by atoms with Gasteiger partial charge in [0.15, 0.2) is 0 Å². The molecule has 1 aromatic heterocycles. The van der Waals surface area contributed by atoms with Gasteiger partial charge in [0, 0.05) is 24.0 Å². The number of anilines is 1. The Hall–Kier alpha value is -2.17. The van der Waals surface area contributed by atoms with Crippen molar-refractivity contribution < 1.29 is 9.90 Å². The van der Waals surface area contributed by atoms with Gasteiger partial charge in [-0.25, -0.2) is 9.97 Å². The summed E-state index contributed by atoms with van der Waals surface area (Å²) < 4.78 is 0. The summed E-state index contributed by atoms with van der Waals surface area (Å²) in [6, 6.07) is 7.76. The highest BCUT2D eigenvalue weighted by molar-refractivity contribution is 5.78. The van der Waals surface area contributed by atoms with Crippen LogP contribution in [0.5, 0.6) is 0 Å². The van der Waals surface area contributed by atoms with Crippen LogP contribution in [0.2, 0.25) is 0 Å². The summed E-state index contributed by atoms with van der Waals surface area (Å²) >= 11 is 0. The summed E-state index contributed by atoms with van der Waals surface area (Å²) in [5, 5.41) is 12.7. The predicted octanol–water partition coefficient (Wildman–Crippen LogP) is 2.29. The highest BCUT2D eigenvalue weighted by Crippen LogP contribution is 2.13. The number of fused-ring (bicyclic) bond motifs is 1. The van der Waals surface area contributed by atoms with Crippen molar-refractivity contribution in [3.63, 3.8) is 0 Å². The molecule has 5 heteroatoms.